The molecule has 1 saturated heterocycles. The normalized spacial score (nSPS) is 24.1. The Balaban J connectivity index is 2.13. The van der Waals surface area contributed by atoms with E-state index in [-0.39, 0.29) is 11.7 Å². The maximum Gasteiger partial charge on any atom is 0.323 e. The van der Waals surface area contributed by atoms with Gasteiger partial charge >= 0.3 is 5.97 Å². The zero-order valence-corrected chi connectivity index (χ0v) is 11.0. The molecule has 1 aromatic rings. The molecule has 0 radical (unpaired) electrons. The molecule has 0 unspecified atom stereocenters. The van der Waals surface area contributed by atoms with E-state index in [4.69, 9.17) is 4.74 Å². The van der Waals surface area contributed by atoms with Gasteiger partial charge in [-0.05, 0) is 18.9 Å². The summed E-state index contributed by atoms with van der Waals surface area (Å²) in [5.41, 5.74) is 0.771. The van der Waals surface area contributed by atoms with Gasteiger partial charge in [-0.2, -0.15) is 0 Å². The van der Waals surface area contributed by atoms with Crippen LogP contribution in [0.1, 0.15) is 18.4 Å². The van der Waals surface area contributed by atoms with Gasteiger partial charge in [-0.25, -0.2) is 0 Å². The van der Waals surface area contributed by atoms with Crippen molar-refractivity contribution in [2.45, 2.75) is 31.5 Å². The number of nitrogens with zero attached hydrogens (tertiary/aromatic N) is 1. The molecule has 2 N–H and O–H groups in total. The van der Waals surface area contributed by atoms with Crippen LogP contribution in [0.3, 0.4) is 0 Å². The predicted octanol–water partition coefficient (Wildman–Crippen LogP) is 0.890. The molecule has 104 valence electrons. The smallest absolute Gasteiger partial charge is 0.323 e. The van der Waals surface area contributed by atoms with Gasteiger partial charge in [0, 0.05) is 18.7 Å². The topological polar surface area (TPSA) is 70.0 Å². The van der Waals surface area contributed by atoms with Crippen molar-refractivity contribution < 1.29 is 19.7 Å². The third-order valence-corrected chi connectivity index (χ3v) is 3.52. The van der Waals surface area contributed by atoms with Crippen molar-refractivity contribution in [2.75, 3.05) is 13.7 Å². The maximum absolute atomic E-state index is 11.8. The van der Waals surface area contributed by atoms with Crippen molar-refractivity contribution in [3.8, 4) is 5.75 Å². The summed E-state index contributed by atoms with van der Waals surface area (Å²) < 4.78 is 4.78. The summed E-state index contributed by atoms with van der Waals surface area (Å²) in [4.78, 5) is 13.7. The lowest BCUT2D eigenvalue weighted by molar-refractivity contribution is -0.150. The van der Waals surface area contributed by atoms with E-state index in [0.29, 0.717) is 25.9 Å². The lowest BCUT2D eigenvalue weighted by atomic mass is 9.98. The zero-order valence-electron chi connectivity index (χ0n) is 11.0. The first kappa shape index (κ1) is 13.8. The highest BCUT2D eigenvalue weighted by atomic mass is 16.5. The summed E-state index contributed by atoms with van der Waals surface area (Å²) in [7, 11) is 1.35. The van der Waals surface area contributed by atoms with E-state index in [1.54, 1.807) is 12.1 Å². The van der Waals surface area contributed by atoms with Gasteiger partial charge < -0.3 is 14.9 Å². The number of phenolic OH excluding ortho intramolecular Hbond substituents is 1. The monoisotopic (exact) mass is 265 g/mol. The molecule has 1 fully saturated rings. The minimum Gasteiger partial charge on any atom is -0.508 e. The number of ether oxygens (including phenoxy) is 1. The largest absolute Gasteiger partial charge is 0.508 e. The van der Waals surface area contributed by atoms with Crippen molar-refractivity contribution in [1.29, 1.82) is 0 Å². The minimum absolute atomic E-state index is 0.220. The van der Waals surface area contributed by atoms with Crippen molar-refractivity contribution in [1.82, 2.24) is 4.90 Å². The second-order valence-electron chi connectivity index (χ2n) is 4.82. The van der Waals surface area contributed by atoms with Gasteiger partial charge in [-0.15, -0.1) is 0 Å². The van der Waals surface area contributed by atoms with E-state index in [9.17, 15) is 15.0 Å². The number of likely N-dealkylation sites (tertiary alicyclic amines) is 1. The van der Waals surface area contributed by atoms with Gasteiger partial charge in [-0.3, -0.25) is 9.69 Å². The average Bonchev–Trinajstić information content (AvgIpc) is 2.42. The highest BCUT2D eigenvalue weighted by molar-refractivity contribution is 5.75. The molecule has 0 bridgehead atoms. The fraction of sp³-hybridized carbons (Fsp3) is 0.500. The molecule has 0 aliphatic carbocycles. The lowest BCUT2D eigenvalue weighted by Crippen LogP contribution is -2.48. The molecule has 2 rings (SSSR count). The Morgan fingerprint density at radius 3 is 2.89 bits per heavy atom. The Hall–Kier alpha value is -1.59. The van der Waals surface area contributed by atoms with Gasteiger partial charge in [0.1, 0.15) is 11.8 Å². The molecular weight excluding hydrogens is 246 g/mol. The summed E-state index contributed by atoms with van der Waals surface area (Å²) >= 11 is 0. The van der Waals surface area contributed by atoms with Crippen LogP contribution in [-0.4, -0.2) is 46.9 Å². The molecule has 5 heteroatoms. The van der Waals surface area contributed by atoms with Crippen LogP contribution in [-0.2, 0) is 16.1 Å². The summed E-state index contributed by atoms with van der Waals surface area (Å²) in [5, 5.41) is 19.5. The van der Waals surface area contributed by atoms with Crippen molar-refractivity contribution >= 4 is 5.97 Å². The summed E-state index contributed by atoms with van der Waals surface area (Å²) in [6.07, 6.45) is 0.533. The number of benzene rings is 1. The SMILES string of the molecule is COC(=O)[C@@H]1C[C@H](O)CCN1Cc1ccccc1O. The van der Waals surface area contributed by atoms with E-state index < -0.39 is 12.1 Å². The van der Waals surface area contributed by atoms with Crippen LogP contribution in [0, 0.1) is 0 Å². The molecule has 1 aromatic carbocycles. The molecule has 2 atom stereocenters. The number of methoxy groups -OCH3 is 1. The van der Waals surface area contributed by atoms with Gasteiger partial charge in [0.2, 0.25) is 0 Å². The molecule has 5 nitrogen and oxygen atoms in total. The fourth-order valence-corrected chi connectivity index (χ4v) is 2.43. The first-order valence-electron chi connectivity index (χ1n) is 6.38. The van der Waals surface area contributed by atoms with Crippen molar-refractivity contribution in [3.63, 3.8) is 0 Å². The molecular formula is C14H19NO4. The number of aliphatic hydroxyl groups is 1. The average molecular weight is 265 g/mol. The molecule has 0 spiro atoms. The molecule has 1 heterocycles. The number of phenols is 1. The Kier molecular flexibility index (Phi) is 4.39. The molecule has 0 saturated carbocycles. The Morgan fingerprint density at radius 2 is 2.21 bits per heavy atom. The Morgan fingerprint density at radius 1 is 1.47 bits per heavy atom. The Bertz CT molecular complexity index is 449. The number of rotatable bonds is 3. The van der Waals surface area contributed by atoms with Crippen LogP contribution in [0.2, 0.25) is 0 Å². The van der Waals surface area contributed by atoms with E-state index in [2.05, 4.69) is 0 Å². The van der Waals surface area contributed by atoms with Crippen LogP contribution in [0.25, 0.3) is 0 Å². The van der Waals surface area contributed by atoms with Crippen LogP contribution < -0.4 is 0 Å². The molecule has 1 aliphatic rings. The van der Waals surface area contributed by atoms with Gasteiger partial charge in [0.15, 0.2) is 0 Å². The third-order valence-electron chi connectivity index (χ3n) is 3.52. The van der Waals surface area contributed by atoms with E-state index in [1.807, 2.05) is 17.0 Å². The predicted molar refractivity (Wildman–Crippen MR) is 69.6 cm³/mol. The first-order valence-corrected chi connectivity index (χ1v) is 6.38. The number of carbonyl (C=O) groups is 1. The second kappa shape index (κ2) is 6.04. The van der Waals surface area contributed by atoms with Crippen molar-refractivity contribution in [2.24, 2.45) is 0 Å². The van der Waals surface area contributed by atoms with E-state index in [0.717, 1.165) is 5.56 Å². The van der Waals surface area contributed by atoms with Crippen LogP contribution in [0.4, 0.5) is 0 Å². The lowest BCUT2D eigenvalue weighted by Gasteiger charge is -2.36. The number of esters is 1. The maximum atomic E-state index is 11.8. The molecule has 1 aliphatic heterocycles. The standard InChI is InChI=1S/C14H19NO4/c1-19-14(18)12-8-11(16)6-7-15(12)9-10-4-2-3-5-13(10)17/h2-5,11-12,16-17H,6-9H2,1H3/t11-,12+/m1/s1. The number of para-hydroxylation sites is 1. The number of piperidine rings is 1. The van der Waals surface area contributed by atoms with Crippen LogP contribution in [0.5, 0.6) is 5.75 Å². The summed E-state index contributed by atoms with van der Waals surface area (Å²) in [6, 6.07) is 6.61. The number of hydrogen-bond acceptors (Lipinski definition) is 5. The zero-order chi connectivity index (χ0) is 13.8. The van der Waals surface area contributed by atoms with Gasteiger partial charge in [-0.1, -0.05) is 18.2 Å². The molecule has 19 heavy (non-hydrogen) atoms. The number of aromatic hydroxyl groups is 1. The van der Waals surface area contributed by atoms with E-state index in [1.165, 1.54) is 7.11 Å². The van der Waals surface area contributed by atoms with E-state index >= 15 is 0 Å². The summed E-state index contributed by atoms with van der Waals surface area (Å²) in [5.74, 6) is -0.119. The highest BCUT2D eigenvalue weighted by Crippen LogP contribution is 2.24. The minimum atomic E-state index is -0.468. The molecule has 0 aromatic heterocycles. The number of hydrogen-bond donors (Lipinski definition) is 2. The number of aliphatic hydroxyl groups excluding tert-OH is 1. The first-order chi connectivity index (χ1) is 9.11. The van der Waals surface area contributed by atoms with Crippen LogP contribution in [0.15, 0.2) is 24.3 Å². The fourth-order valence-electron chi connectivity index (χ4n) is 2.43. The van der Waals surface area contributed by atoms with Gasteiger partial charge in [0.05, 0.1) is 13.2 Å². The third kappa shape index (κ3) is 3.24. The van der Waals surface area contributed by atoms with Gasteiger partial charge in [0.25, 0.3) is 0 Å². The quantitative estimate of drug-likeness (QED) is 0.794. The second-order valence-corrected chi connectivity index (χ2v) is 4.82. The molecule has 0 amide bonds. The highest BCUT2D eigenvalue weighted by Gasteiger charge is 2.33. The van der Waals surface area contributed by atoms with Crippen LogP contribution >= 0.6 is 0 Å². The Labute approximate surface area is 112 Å². The number of carbonyl (C=O) groups excluding carboxylic acids is 1. The van der Waals surface area contributed by atoms with Crippen molar-refractivity contribution in [3.05, 3.63) is 29.8 Å². The summed E-state index contributed by atoms with van der Waals surface area (Å²) in [6.45, 7) is 1.08.